The van der Waals surface area contributed by atoms with E-state index in [0.717, 1.165) is 13.2 Å². The van der Waals surface area contributed by atoms with Crippen LogP contribution in [0.3, 0.4) is 0 Å². The summed E-state index contributed by atoms with van der Waals surface area (Å²) in [7, 11) is 3.64. The van der Waals surface area contributed by atoms with Crippen LogP contribution in [-0.2, 0) is 9.47 Å². The van der Waals surface area contributed by atoms with Gasteiger partial charge in [0.25, 0.3) is 0 Å². The number of hydrogen-bond donors (Lipinski definition) is 0. The molecule has 0 saturated carbocycles. The lowest BCUT2D eigenvalue weighted by atomic mass is 9.77. The molecule has 0 aliphatic rings. The highest BCUT2D eigenvalue weighted by Gasteiger charge is 2.26. The molecule has 2 unspecified atom stereocenters. The van der Waals surface area contributed by atoms with Crippen molar-refractivity contribution in [2.45, 2.75) is 66.2 Å². The minimum Gasteiger partial charge on any atom is -0.384 e. The molecular weight excluding hydrogens is 236 g/mol. The fourth-order valence-electron chi connectivity index (χ4n) is 2.86. The van der Waals surface area contributed by atoms with Gasteiger partial charge in [0, 0.05) is 27.4 Å². The maximum atomic E-state index is 5.45. The van der Waals surface area contributed by atoms with Gasteiger partial charge in [0.1, 0.15) is 0 Å². The smallest absolute Gasteiger partial charge is 0.0494 e. The zero-order valence-corrected chi connectivity index (χ0v) is 14.1. The molecule has 2 heteroatoms. The predicted molar refractivity (Wildman–Crippen MR) is 83.6 cm³/mol. The standard InChI is InChI=1S/C17H36O2/c1-7-8-9-10-11-15(13-18-5)16(14-19-6)12-17(2,3)4/h15-16H,7-14H2,1-6H3. The monoisotopic (exact) mass is 272 g/mol. The summed E-state index contributed by atoms with van der Waals surface area (Å²) in [5.74, 6) is 1.26. The van der Waals surface area contributed by atoms with Gasteiger partial charge in [-0.1, -0.05) is 53.4 Å². The Morgan fingerprint density at radius 2 is 1.42 bits per heavy atom. The number of methoxy groups -OCH3 is 2. The van der Waals surface area contributed by atoms with E-state index in [9.17, 15) is 0 Å². The molecule has 2 atom stereocenters. The maximum Gasteiger partial charge on any atom is 0.0494 e. The fraction of sp³-hybridized carbons (Fsp3) is 1.00. The number of ether oxygens (including phenoxy) is 2. The van der Waals surface area contributed by atoms with Crippen LogP contribution in [0, 0.1) is 17.3 Å². The van der Waals surface area contributed by atoms with E-state index in [-0.39, 0.29) is 0 Å². The number of unbranched alkanes of at least 4 members (excludes halogenated alkanes) is 3. The second kappa shape index (κ2) is 10.7. The lowest BCUT2D eigenvalue weighted by molar-refractivity contribution is 0.0448. The van der Waals surface area contributed by atoms with Crippen LogP contribution >= 0.6 is 0 Å². The van der Waals surface area contributed by atoms with Crippen LogP contribution in [0.2, 0.25) is 0 Å². The summed E-state index contributed by atoms with van der Waals surface area (Å²) >= 11 is 0. The molecule has 0 spiro atoms. The normalized spacial score (nSPS) is 15.5. The van der Waals surface area contributed by atoms with Crippen molar-refractivity contribution < 1.29 is 9.47 Å². The SMILES string of the molecule is CCCCCCC(COC)C(COC)CC(C)(C)C. The van der Waals surface area contributed by atoms with Gasteiger partial charge in [0.05, 0.1) is 0 Å². The van der Waals surface area contributed by atoms with Crippen LogP contribution in [0.1, 0.15) is 66.2 Å². The van der Waals surface area contributed by atoms with Gasteiger partial charge in [-0.15, -0.1) is 0 Å². The van der Waals surface area contributed by atoms with E-state index >= 15 is 0 Å². The molecule has 0 saturated heterocycles. The Bertz CT molecular complexity index is 196. The molecular formula is C17H36O2. The van der Waals surface area contributed by atoms with Crippen LogP contribution in [0.25, 0.3) is 0 Å². The number of rotatable bonds is 11. The molecule has 0 aromatic carbocycles. The topological polar surface area (TPSA) is 18.5 Å². The summed E-state index contributed by atoms with van der Waals surface area (Å²) in [6.07, 6.45) is 7.82. The summed E-state index contributed by atoms with van der Waals surface area (Å²) in [4.78, 5) is 0. The maximum absolute atomic E-state index is 5.45. The third-order valence-electron chi connectivity index (χ3n) is 3.73. The Labute approximate surface area is 121 Å². The Kier molecular flexibility index (Phi) is 10.6. The van der Waals surface area contributed by atoms with Crippen LogP contribution in [0.15, 0.2) is 0 Å². The van der Waals surface area contributed by atoms with Gasteiger partial charge < -0.3 is 9.47 Å². The first-order chi connectivity index (χ1) is 8.94. The average molecular weight is 272 g/mol. The Balaban J connectivity index is 4.38. The molecule has 0 aromatic heterocycles. The minimum absolute atomic E-state index is 0.360. The Morgan fingerprint density at radius 1 is 0.842 bits per heavy atom. The average Bonchev–Trinajstić information content (AvgIpc) is 2.31. The third-order valence-corrected chi connectivity index (χ3v) is 3.73. The van der Waals surface area contributed by atoms with E-state index in [1.54, 1.807) is 0 Å². The van der Waals surface area contributed by atoms with Crippen LogP contribution in [0.4, 0.5) is 0 Å². The highest BCUT2D eigenvalue weighted by atomic mass is 16.5. The molecule has 0 aromatic rings. The van der Waals surface area contributed by atoms with E-state index in [1.165, 1.54) is 38.5 Å². The lowest BCUT2D eigenvalue weighted by Gasteiger charge is -2.31. The summed E-state index contributed by atoms with van der Waals surface area (Å²) < 4.78 is 10.9. The van der Waals surface area contributed by atoms with Crippen molar-refractivity contribution in [1.82, 2.24) is 0 Å². The first-order valence-electron chi connectivity index (χ1n) is 7.92. The van der Waals surface area contributed by atoms with Crippen molar-refractivity contribution in [3.05, 3.63) is 0 Å². The first kappa shape index (κ1) is 18.9. The van der Waals surface area contributed by atoms with Crippen molar-refractivity contribution in [3.63, 3.8) is 0 Å². The summed E-state index contributed by atoms with van der Waals surface area (Å²) in [5.41, 5.74) is 0.360. The molecule has 0 aliphatic heterocycles. The van der Waals surface area contributed by atoms with Gasteiger partial charge in [-0.2, -0.15) is 0 Å². The molecule has 0 rings (SSSR count). The van der Waals surface area contributed by atoms with Gasteiger partial charge in [-0.05, 0) is 30.1 Å². The van der Waals surface area contributed by atoms with E-state index in [4.69, 9.17) is 9.47 Å². The molecule has 19 heavy (non-hydrogen) atoms. The molecule has 0 fully saturated rings. The van der Waals surface area contributed by atoms with Gasteiger partial charge >= 0.3 is 0 Å². The predicted octanol–water partition coefficient (Wildman–Crippen LogP) is 4.92. The van der Waals surface area contributed by atoms with E-state index < -0.39 is 0 Å². The van der Waals surface area contributed by atoms with Crippen molar-refractivity contribution in [3.8, 4) is 0 Å². The molecule has 0 radical (unpaired) electrons. The fourth-order valence-corrected chi connectivity index (χ4v) is 2.86. The van der Waals surface area contributed by atoms with Gasteiger partial charge in [0.2, 0.25) is 0 Å². The van der Waals surface area contributed by atoms with E-state index in [1.807, 2.05) is 14.2 Å². The summed E-state index contributed by atoms with van der Waals surface area (Å²) in [5, 5.41) is 0. The zero-order chi connectivity index (χ0) is 14.7. The summed E-state index contributed by atoms with van der Waals surface area (Å²) in [6.45, 7) is 10.9. The second-order valence-electron chi connectivity index (χ2n) is 7.04. The van der Waals surface area contributed by atoms with Crippen molar-refractivity contribution in [2.24, 2.45) is 17.3 Å². The van der Waals surface area contributed by atoms with Crippen LogP contribution < -0.4 is 0 Å². The van der Waals surface area contributed by atoms with Gasteiger partial charge in [0.15, 0.2) is 0 Å². The molecule has 0 N–H and O–H groups in total. The second-order valence-corrected chi connectivity index (χ2v) is 7.04. The molecule has 0 aliphatic carbocycles. The minimum atomic E-state index is 0.360. The molecule has 116 valence electrons. The number of hydrogen-bond acceptors (Lipinski definition) is 2. The van der Waals surface area contributed by atoms with Crippen molar-refractivity contribution in [1.29, 1.82) is 0 Å². The third kappa shape index (κ3) is 10.4. The Hall–Kier alpha value is -0.0800. The lowest BCUT2D eigenvalue weighted by Crippen LogP contribution is -2.28. The van der Waals surface area contributed by atoms with Crippen LogP contribution in [0.5, 0.6) is 0 Å². The van der Waals surface area contributed by atoms with E-state index in [2.05, 4.69) is 27.7 Å². The highest BCUT2D eigenvalue weighted by molar-refractivity contribution is 4.76. The van der Waals surface area contributed by atoms with Crippen molar-refractivity contribution in [2.75, 3.05) is 27.4 Å². The van der Waals surface area contributed by atoms with Gasteiger partial charge in [-0.25, -0.2) is 0 Å². The molecule has 0 amide bonds. The molecule has 0 bridgehead atoms. The van der Waals surface area contributed by atoms with Crippen molar-refractivity contribution >= 4 is 0 Å². The highest BCUT2D eigenvalue weighted by Crippen LogP contribution is 2.32. The molecule has 2 nitrogen and oxygen atoms in total. The molecule has 0 heterocycles. The Morgan fingerprint density at radius 3 is 1.89 bits per heavy atom. The van der Waals surface area contributed by atoms with Gasteiger partial charge in [-0.3, -0.25) is 0 Å². The van der Waals surface area contributed by atoms with Crippen LogP contribution in [-0.4, -0.2) is 27.4 Å². The summed E-state index contributed by atoms with van der Waals surface area (Å²) in [6, 6.07) is 0. The van der Waals surface area contributed by atoms with E-state index in [0.29, 0.717) is 17.3 Å². The zero-order valence-electron chi connectivity index (χ0n) is 14.1. The first-order valence-corrected chi connectivity index (χ1v) is 7.92. The largest absolute Gasteiger partial charge is 0.384 e. The quantitative estimate of drug-likeness (QED) is 0.497.